The molecule has 0 bridgehead atoms. The maximum absolute atomic E-state index is 12.4. The maximum atomic E-state index is 12.4. The number of halogens is 6. The third-order valence-electron chi connectivity index (χ3n) is 1.91. The number of amidine groups is 1. The maximum Gasteiger partial charge on any atom is 0.433 e. The van der Waals surface area contributed by atoms with E-state index in [1.807, 2.05) is 0 Å². The van der Waals surface area contributed by atoms with E-state index in [0.29, 0.717) is 12.1 Å². The van der Waals surface area contributed by atoms with Gasteiger partial charge in [-0.15, -0.1) is 0 Å². The van der Waals surface area contributed by atoms with Crippen molar-refractivity contribution in [2.75, 3.05) is 6.61 Å². The van der Waals surface area contributed by atoms with E-state index in [0.717, 1.165) is 0 Å². The lowest BCUT2D eigenvalue weighted by Crippen LogP contribution is -2.23. The van der Waals surface area contributed by atoms with Crippen molar-refractivity contribution < 1.29 is 36.3 Å². The highest BCUT2D eigenvalue weighted by Crippen LogP contribution is 2.30. The fourth-order valence-electron chi connectivity index (χ4n) is 1.11. The summed E-state index contributed by atoms with van der Waals surface area (Å²) in [6, 6.07) is 1.16. The van der Waals surface area contributed by atoms with Gasteiger partial charge in [-0.1, -0.05) is 5.16 Å². The van der Waals surface area contributed by atoms with Crippen molar-refractivity contribution in [1.29, 1.82) is 0 Å². The van der Waals surface area contributed by atoms with E-state index in [2.05, 4.69) is 14.9 Å². The van der Waals surface area contributed by atoms with Crippen LogP contribution >= 0.6 is 0 Å². The van der Waals surface area contributed by atoms with Crippen LogP contribution < -0.4 is 10.5 Å². The summed E-state index contributed by atoms with van der Waals surface area (Å²) in [5, 5.41) is 10.9. The Hall–Kier alpha value is -2.20. The first-order chi connectivity index (χ1) is 9.04. The van der Waals surface area contributed by atoms with Crippen molar-refractivity contribution in [3.8, 4) is 5.88 Å². The van der Waals surface area contributed by atoms with Crippen molar-refractivity contribution in [3.63, 3.8) is 0 Å². The van der Waals surface area contributed by atoms with Crippen LogP contribution in [0.5, 0.6) is 5.88 Å². The molecule has 0 saturated carbocycles. The van der Waals surface area contributed by atoms with Crippen LogP contribution in [0.25, 0.3) is 0 Å². The third-order valence-corrected chi connectivity index (χ3v) is 1.91. The van der Waals surface area contributed by atoms with E-state index >= 15 is 0 Å². The number of hydrogen-bond acceptors (Lipinski definition) is 4. The van der Waals surface area contributed by atoms with E-state index in [4.69, 9.17) is 10.9 Å². The lowest BCUT2D eigenvalue weighted by molar-refractivity contribution is -0.154. The average Bonchev–Trinajstić information content (AvgIpc) is 2.33. The van der Waals surface area contributed by atoms with E-state index in [-0.39, 0.29) is 0 Å². The minimum absolute atomic E-state index is 0.466. The number of pyridine rings is 1. The normalized spacial score (nSPS) is 13.4. The van der Waals surface area contributed by atoms with Crippen LogP contribution in [0.4, 0.5) is 26.3 Å². The van der Waals surface area contributed by atoms with Crippen molar-refractivity contribution in [1.82, 2.24) is 4.98 Å². The predicted octanol–water partition coefficient (Wildman–Crippen LogP) is 2.14. The van der Waals surface area contributed by atoms with Crippen LogP contribution in [0, 0.1) is 0 Å². The highest BCUT2D eigenvalue weighted by Gasteiger charge is 2.35. The number of rotatable bonds is 3. The zero-order valence-electron chi connectivity index (χ0n) is 9.46. The summed E-state index contributed by atoms with van der Waals surface area (Å²) >= 11 is 0. The Morgan fingerprint density at radius 3 is 2.30 bits per heavy atom. The van der Waals surface area contributed by atoms with Crippen LogP contribution in [-0.4, -0.2) is 28.8 Å². The molecule has 0 aliphatic carbocycles. The number of nitrogens with zero attached hydrogens (tertiary/aromatic N) is 2. The van der Waals surface area contributed by atoms with E-state index in [1.165, 1.54) is 0 Å². The number of ether oxygens (including phenoxy) is 1. The summed E-state index contributed by atoms with van der Waals surface area (Å²) in [5.41, 5.74) is 3.15. The van der Waals surface area contributed by atoms with Crippen LogP contribution in [0.1, 0.15) is 11.3 Å². The molecule has 0 aromatic carbocycles. The van der Waals surface area contributed by atoms with E-state index < -0.39 is 41.9 Å². The van der Waals surface area contributed by atoms with Gasteiger partial charge < -0.3 is 15.7 Å². The molecule has 0 amide bonds. The van der Waals surface area contributed by atoms with Gasteiger partial charge >= 0.3 is 12.4 Å². The van der Waals surface area contributed by atoms with Crippen LogP contribution in [0.3, 0.4) is 0 Å². The summed E-state index contributed by atoms with van der Waals surface area (Å²) in [4.78, 5) is 2.90. The van der Waals surface area contributed by atoms with Gasteiger partial charge in [0, 0.05) is 0 Å². The zero-order chi connectivity index (χ0) is 15.6. The second kappa shape index (κ2) is 5.43. The standard InChI is InChI=1S/C9H7F6N3O2/c10-8(11,12)3-20-7-4(6(16)18-19)1-2-5(17-7)9(13,14)15/h1-2,19H,3H2,(H2,16,18). The Morgan fingerprint density at radius 1 is 1.25 bits per heavy atom. The highest BCUT2D eigenvalue weighted by atomic mass is 19.4. The first-order valence-corrected chi connectivity index (χ1v) is 4.80. The number of hydrogen-bond donors (Lipinski definition) is 2. The van der Waals surface area contributed by atoms with Gasteiger partial charge in [0.15, 0.2) is 12.4 Å². The molecular weight excluding hydrogens is 296 g/mol. The second-order valence-electron chi connectivity index (χ2n) is 3.44. The molecule has 5 nitrogen and oxygen atoms in total. The molecule has 20 heavy (non-hydrogen) atoms. The summed E-state index contributed by atoms with van der Waals surface area (Å²) in [5.74, 6) is -1.77. The number of aromatic nitrogens is 1. The Balaban J connectivity index is 3.20. The molecule has 0 spiro atoms. The minimum Gasteiger partial charge on any atom is -0.467 e. The number of alkyl halides is 6. The zero-order valence-corrected chi connectivity index (χ0v) is 9.46. The first-order valence-electron chi connectivity index (χ1n) is 4.80. The fraction of sp³-hybridized carbons (Fsp3) is 0.333. The van der Waals surface area contributed by atoms with Gasteiger partial charge in [-0.2, -0.15) is 26.3 Å². The van der Waals surface area contributed by atoms with Gasteiger partial charge in [-0.3, -0.25) is 0 Å². The molecule has 0 atom stereocenters. The Morgan fingerprint density at radius 2 is 1.85 bits per heavy atom. The third kappa shape index (κ3) is 4.17. The van der Waals surface area contributed by atoms with Gasteiger partial charge in [-0.05, 0) is 12.1 Å². The molecule has 0 unspecified atom stereocenters. The average molecular weight is 303 g/mol. The minimum atomic E-state index is -4.88. The molecular formula is C9H7F6N3O2. The van der Waals surface area contributed by atoms with Gasteiger partial charge in [0.2, 0.25) is 5.88 Å². The van der Waals surface area contributed by atoms with E-state index in [9.17, 15) is 26.3 Å². The van der Waals surface area contributed by atoms with Crippen molar-refractivity contribution in [2.24, 2.45) is 10.9 Å². The highest BCUT2D eigenvalue weighted by molar-refractivity contribution is 5.99. The molecule has 1 aromatic heterocycles. The van der Waals surface area contributed by atoms with E-state index in [1.54, 1.807) is 0 Å². The quantitative estimate of drug-likeness (QED) is 0.295. The van der Waals surface area contributed by atoms with Crippen LogP contribution in [0.15, 0.2) is 17.3 Å². The van der Waals surface area contributed by atoms with Crippen LogP contribution in [-0.2, 0) is 6.18 Å². The smallest absolute Gasteiger partial charge is 0.433 e. The lowest BCUT2D eigenvalue weighted by atomic mass is 10.2. The molecule has 11 heteroatoms. The summed E-state index contributed by atoms with van der Waals surface area (Å²) in [6.45, 7) is -1.87. The molecule has 112 valence electrons. The predicted molar refractivity (Wildman–Crippen MR) is 53.3 cm³/mol. The summed E-state index contributed by atoms with van der Waals surface area (Å²) in [6.07, 6.45) is -9.65. The molecule has 0 saturated heterocycles. The number of oxime groups is 1. The molecule has 0 aliphatic rings. The Labute approximate surface area is 107 Å². The first kappa shape index (κ1) is 15.9. The molecule has 1 rings (SSSR count). The SMILES string of the molecule is NC(=NO)c1ccc(C(F)(F)F)nc1OCC(F)(F)F. The van der Waals surface area contributed by atoms with Crippen molar-refractivity contribution in [3.05, 3.63) is 23.4 Å². The van der Waals surface area contributed by atoms with Crippen molar-refractivity contribution in [2.45, 2.75) is 12.4 Å². The Bertz CT molecular complexity index is 511. The summed E-state index contributed by atoms with van der Waals surface area (Å²) in [7, 11) is 0. The monoisotopic (exact) mass is 303 g/mol. The molecule has 3 N–H and O–H groups in total. The van der Waals surface area contributed by atoms with Gasteiger partial charge in [0.25, 0.3) is 0 Å². The van der Waals surface area contributed by atoms with Crippen molar-refractivity contribution >= 4 is 5.84 Å². The number of nitrogens with two attached hydrogens (primary N) is 1. The van der Waals surface area contributed by atoms with Gasteiger partial charge in [-0.25, -0.2) is 4.98 Å². The fourth-order valence-corrected chi connectivity index (χ4v) is 1.11. The van der Waals surface area contributed by atoms with Gasteiger partial charge in [0.1, 0.15) is 5.69 Å². The summed E-state index contributed by atoms with van der Waals surface area (Å²) < 4.78 is 77.4. The van der Waals surface area contributed by atoms with Gasteiger partial charge in [0.05, 0.1) is 5.56 Å². The Kier molecular flexibility index (Phi) is 4.30. The molecule has 0 fully saturated rings. The molecule has 0 radical (unpaired) electrons. The topological polar surface area (TPSA) is 80.7 Å². The molecule has 1 aromatic rings. The molecule has 0 aliphatic heterocycles. The lowest BCUT2D eigenvalue weighted by Gasteiger charge is -2.13. The molecule has 1 heterocycles. The largest absolute Gasteiger partial charge is 0.467 e. The van der Waals surface area contributed by atoms with Crippen LogP contribution in [0.2, 0.25) is 0 Å². The second-order valence-corrected chi connectivity index (χ2v) is 3.44.